The van der Waals surface area contributed by atoms with Gasteiger partial charge in [0.15, 0.2) is 5.78 Å². The Morgan fingerprint density at radius 3 is 2.95 bits per heavy atom. The van der Waals surface area contributed by atoms with Crippen LogP contribution in [0.1, 0.15) is 21.1 Å². The van der Waals surface area contributed by atoms with Gasteiger partial charge >= 0.3 is 0 Å². The number of Topliss-reactive ketones (excluding diaryl/α,β-unsaturated/α-hetero) is 1. The third kappa shape index (κ3) is 3.04. The monoisotopic (exact) mass is 299 g/mol. The summed E-state index contributed by atoms with van der Waals surface area (Å²) in [6.45, 7) is 3.07. The van der Waals surface area contributed by atoms with Crippen LogP contribution in [0.2, 0.25) is 0 Å². The first-order valence-corrected chi connectivity index (χ1v) is 7.70. The molecule has 1 aromatic carbocycles. The number of aryl methyl sites for hydroxylation is 1. The molecular formula is C16H17N3OS. The summed E-state index contributed by atoms with van der Waals surface area (Å²) in [6.07, 6.45) is 1.80. The number of nitrogens with zero attached hydrogens (tertiary/aromatic N) is 2. The highest BCUT2D eigenvalue weighted by atomic mass is 32.1. The van der Waals surface area contributed by atoms with Crippen molar-refractivity contribution in [1.82, 2.24) is 14.9 Å². The van der Waals surface area contributed by atoms with Crippen molar-refractivity contribution in [1.29, 1.82) is 0 Å². The maximum absolute atomic E-state index is 12.4. The van der Waals surface area contributed by atoms with E-state index in [0.29, 0.717) is 13.1 Å². The molecule has 3 rings (SSSR count). The maximum atomic E-state index is 12.4. The van der Waals surface area contributed by atoms with Crippen LogP contribution >= 0.6 is 11.3 Å². The SMILES string of the molecule is Cc1nc(CN(C)CC(=O)c2c[nH]c3ccccc23)cs1. The number of nitrogens with one attached hydrogen (secondary N) is 1. The topological polar surface area (TPSA) is 49.0 Å². The van der Waals surface area contributed by atoms with Gasteiger partial charge in [0.25, 0.3) is 0 Å². The van der Waals surface area contributed by atoms with E-state index in [1.807, 2.05) is 48.5 Å². The van der Waals surface area contributed by atoms with E-state index in [2.05, 4.69) is 9.97 Å². The van der Waals surface area contributed by atoms with Crippen LogP contribution in [0.25, 0.3) is 10.9 Å². The molecule has 1 N–H and O–H groups in total. The first-order chi connectivity index (χ1) is 10.1. The molecule has 0 atom stereocenters. The Labute approximate surface area is 127 Å². The largest absolute Gasteiger partial charge is 0.360 e. The van der Waals surface area contributed by atoms with E-state index in [-0.39, 0.29) is 5.78 Å². The summed E-state index contributed by atoms with van der Waals surface area (Å²) in [5.74, 6) is 0.127. The number of carbonyl (C=O) groups excluding carboxylic acids is 1. The zero-order chi connectivity index (χ0) is 14.8. The Hall–Kier alpha value is -1.98. The highest BCUT2D eigenvalue weighted by molar-refractivity contribution is 7.09. The van der Waals surface area contributed by atoms with Gasteiger partial charge in [-0.25, -0.2) is 4.98 Å². The standard InChI is InChI=1S/C16H17N3OS/c1-11-18-12(10-21-11)8-19(2)9-16(20)14-7-17-15-6-4-3-5-13(14)15/h3-7,10,17H,8-9H2,1-2H3. The molecule has 2 heterocycles. The molecule has 3 aromatic rings. The molecule has 21 heavy (non-hydrogen) atoms. The molecule has 0 amide bonds. The lowest BCUT2D eigenvalue weighted by atomic mass is 10.1. The Morgan fingerprint density at radius 2 is 2.19 bits per heavy atom. The fourth-order valence-electron chi connectivity index (χ4n) is 2.45. The molecule has 4 nitrogen and oxygen atoms in total. The highest BCUT2D eigenvalue weighted by Gasteiger charge is 2.14. The quantitative estimate of drug-likeness (QED) is 0.736. The molecule has 0 spiro atoms. The van der Waals surface area contributed by atoms with Gasteiger partial charge < -0.3 is 4.98 Å². The number of likely N-dealkylation sites (N-methyl/N-ethyl adjacent to an activating group) is 1. The maximum Gasteiger partial charge on any atom is 0.178 e. The summed E-state index contributed by atoms with van der Waals surface area (Å²) in [6, 6.07) is 7.87. The number of fused-ring (bicyclic) bond motifs is 1. The fourth-order valence-corrected chi connectivity index (χ4v) is 3.05. The minimum absolute atomic E-state index is 0.127. The van der Waals surface area contributed by atoms with Crippen molar-refractivity contribution in [3.8, 4) is 0 Å². The second kappa shape index (κ2) is 5.79. The molecule has 0 fully saturated rings. The average molecular weight is 299 g/mol. The van der Waals surface area contributed by atoms with Crippen LogP contribution in [0.5, 0.6) is 0 Å². The highest BCUT2D eigenvalue weighted by Crippen LogP contribution is 2.18. The van der Waals surface area contributed by atoms with Crippen LogP contribution < -0.4 is 0 Å². The van der Waals surface area contributed by atoms with Crippen molar-refractivity contribution in [3.63, 3.8) is 0 Å². The molecule has 0 bridgehead atoms. The smallest absolute Gasteiger partial charge is 0.178 e. The fraction of sp³-hybridized carbons (Fsp3) is 0.250. The van der Waals surface area contributed by atoms with Gasteiger partial charge in [0.05, 0.1) is 17.2 Å². The lowest BCUT2D eigenvalue weighted by molar-refractivity contribution is 0.0944. The number of H-pyrrole nitrogens is 1. The number of aromatic amines is 1. The Kier molecular flexibility index (Phi) is 3.86. The van der Waals surface area contributed by atoms with E-state index in [0.717, 1.165) is 27.2 Å². The average Bonchev–Trinajstić information content (AvgIpc) is 3.04. The van der Waals surface area contributed by atoms with E-state index < -0.39 is 0 Å². The van der Waals surface area contributed by atoms with Crippen LogP contribution in [0.4, 0.5) is 0 Å². The number of rotatable bonds is 5. The number of carbonyl (C=O) groups is 1. The van der Waals surface area contributed by atoms with Crippen LogP contribution in [0.3, 0.4) is 0 Å². The zero-order valence-electron chi connectivity index (χ0n) is 12.1. The molecule has 0 aliphatic rings. The minimum Gasteiger partial charge on any atom is -0.360 e. The molecule has 0 aliphatic carbocycles. The lowest BCUT2D eigenvalue weighted by Crippen LogP contribution is -2.25. The van der Waals surface area contributed by atoms with Gasteiger partial charge in [-0.05, 0) is 20.0 Å². The number of ketones is 1. The van der Waals surface area contributed by atoms with Gasteiger partial charge in [0.2, 0.25) is 0 Å². The van der Waals surface area contributed by atoms with E-state index in [1.54, 1.807) is 17.5 Å². The van der Waals surface area contributed by atoms with E-state index >= 15 is 0 Å². The Morgan fingerprint density at radius 1 is 1.38 bits per heavy atom. The zero-order valence-corrected chi connectivity index (χ0v) is 12.9. The number of benzene rings is 1. The van der Waals surface area contributed by atoms with Crippen molar-refractivity contribution in [3.05, 3.63) is 52.1 Å². The van der Waals surface area contributed by atoms with Gasteiger partial charge in [0.1, 0.15) is 0 Å². The first-order valence-electron chi connectivity index (χ1n) is 6.82. The molecule has 0 saturated heterocycles. The van der Waals surface area contributed by atoms with E-state index in [9.17, 15) is 4.79 Å². The van der Waals surface area contributed by atoms with Crippen LogP contribution in [-0.4, -0.2) is 34.2 Å². The van der Waals surface area contributed by atoms with Crippen LogP contribution in [0, 0.1) is 6.92 Å². The number of para-hydroxylation sites is 1. The predicted octanol–water partition coefficient (Wildman–Crippen LogP) is 3.25. The molecule has 0 unspecified atom stereocenters. The van der Waals surface area contributed by atoms with Gasteiger partial charge in [-0.1, -0.05) is 18.2 Å². The van der Waals surface area contributed by atoms with Gasteiger partial charge in [-0.15, -0.1) is 11.3 Å². The van der Waals surface area contributed by atoms with Crippen molar-refractivity contribution in [2.75, 3.05) is 13.6 Å². The van der Waals surface area contributed by atoms with E-state index in [4.69, 9.17) is 0 Å². The summed E-state index contributed by atoms with van der Waals surface area (Å²) in [7, 11) is 1.95. The number of hydrogen-bond donors (Lipinski definition) is 1. The number of hydrogen-bond acceptors (Lipinski definition) is 4. The van der Waals surface area contributed by atoms with Crippen molar-refractivity contribution in [2.45, 2.75) is 13.5 Å². The summed E-state index contributed by atoms with van der Waals surface area (Å²) >= 11 is 1.64. The third-order valence-corrected chi connectivity index (χ3v) is 4.22. The van der Waals surface area contributed by atoms with Crippen LogP contribution in [0.15, 0.2) is 35.8 Å². The normalized spacial score (nSPS) is 11.4. The molecule has 0 radical (unpaired) electrons. The predicted molar refractivity (Wildman–Crippen MR) is 85.8 cm³/mol. The second-order valence-electron chi connectivity index (χ2n) is 5.20. The molecule has 108 valence electrons. The number of aromatic nitrogens is 2. The van der Waals surface area contributed by atoms with Gasteiger partial charge in [-0.3, -0.25) is 9.69 Å². The van der Waals surface area contributed by atoms with Crippen molar-refractivity contribution >= 4 is 28.0 Å². The summed E-state index contributed by atoms with van der Waals surface area (Å²) < 4.78 is 0. The lowest BCUT2D eigenvalue weighted by Gasteiger charge is -2.13. The molecule has 0 aliphatic heterocycles. The molecule has 2 aromatic heterocycles. The van der Waals surface area contributed by atoms with E-state index in [1.165, 1.54) is 0 Å². The summed E-state index contributed by atoms with van der Waals surface area (Å²) in [5.41, 5.74) is 2.78. The third-order valence-electron chi connectivity index (χ3n) is 3.40. The van der Waals surface area contributed by atoms with Crippen molar-refractivity contribution in [2.24, 2.45) is 0 Å². The Bertz CT molecular complexity index is 775. The van der Waals surface area contributed by atoms with Crippen LogP contribution in [-0.2, 0) is 6.54 Å². The Balaban J connectivity index is 1.71. The van der Waals surface area contributed by atoms with Gasteiger partial charge in [0, 0.05) is 34.6 Å². The molecule has 0 saturated carbocycles. The number of thiazole rings is 1. The minimum atomic E-state index is 0.127. The molecule has 5 heteroatoms. The van der Waals surface area contributed by atoms with Crippen molar-refractivity contribution < 1.29 is 4.79 Å². The first kappa shape index (κ1) is 14.0. The summed E-state index contributed by atoms with van der Waals surface area (Å²) in [4.78, 5) is 22.0. The van der Waals surface area contributed by atoms with Gasteiger partial charge in [-0.2, -0.15) is 0 Å². The second-order valence-corrected chi connectivity index (χ2v) is 6.26. The molecular weight excluding hydrogens is 282 g/mol. The summed E-state index contributed by atoms with van der Waals surface area (Å²) in [5, 5.41) is 4.09.